The standard InChI is InChI=1S/C18H13F2N3O3S/c19-18(20)16-15-8-6-11-10-12(24)7-9-14(11)17(15)23(21-16)22-27(25,26)13-4-2-1-3-5-13/h1-10,18,22,24H. The van der Waals surface area contributed by atoms with Gasteiger partial charge in [-0.2, -0.15) is 18.0 Å². The van der Waals surface area contributed by atoms with E-state index in [0.717, 1.165) is 4.79 Å². The van der Waals surface area contributed by atoms with Gasteiger partial charge >= 0.3 is 0 Å². The molecule has 0 fully saturated rings. The van der Waals surface area contributed by atoms with Crippen LogP contribution in [0.2, 0.25) is 0 Å². The monoisotopic (exact) mass is 389 g/mol. The summed E-state index contributed by atoms with van der Waals surface area (Å²) in [4.78, 5) is 3.06. The number of phenolic OH excluding ortho intramolecular Hbond substituents is 1. The normalized spacial score (nSPS) is 12.1. The first-order chi connectivity index (χ1) is 12.9. The van der Waals surface area contributed by atoms with Crippen molar-refractivity contribution < 1.29 is 22.3 Å². The Balaban J connectivity index is 1.97. The van der Waals surface area contributed by atoms with Crippen LogP contribution in [-0.2, 0) is 10.0 Å². The second-order valence-corrected chi connectivity index (χ2v) is 7.53. The lowest BCUT2D eigenvalue weighted by molar-refractivity contribution is 0.147. The van der Waals surface area contributed by atoms with E-state index in [-0.39, 0.29) is 21.5 Å². The number of alkyl halides is 2. The van der Waals surface area contributed by atoms with Crippen molar-refractivity contribution >= 4 is 31.7 Å². The summed E-state index contributed by atoms with van der Waals surface area (Å²) in [5, 5.41) is 14.6. The van der Waals surface area contributed by atoms with Crippen LogP contribution >= 0.6 is 0 Å². The second-order valence-electron chi connectivity index (χ2n) is 5.87. The van der Waals surface area contributed by atoms with Crippen molar-refractivity contribution in [1.29, 1.82) is 0 Å². The highest BCUT2D eigenvalue weighted by Crippen LogP contribution is 2.33. The van der Waals surface area contributed by atoms with Gasteiger partial charge in [0.05, 0.1) is 4.90 Å². The number of rotatable bonds is 4. The number of nitrogens with one attached hydrogen (secondary N) is 1. The van der Waals surface area contributed by atoms with E-state index in [1.807, 2.05) is 0 Å². The Labute approximate surface area is 152 Å². The SMILES string of the molecule is O=S(=O)(Nn1nc(C(F)F)c2ccc3cc(O)ccc3c21)c1ccccc1. The summed E-state index contributed by atoms with van der Waals surface area (Å²) in [6.45, 7) is 0. The van der Waals surface area contributed by atoms with Crippen LogP contribution in [0.15, 0.2) is 65.6 Å². The molecule has 0 saturated carbocycles. The molecule has 0 bridgehead atoms. The number of aromatic hydroxyl groups is 1. The molecule has 0 spiro atoms. The predicted molar refractivity (Wildman–Crippen MR) is 96.8 cm³/mol. The lowest BCUT2D eigenvalue weighted by Crippen LogP contribution is -2.24. The first-order valence-corrected chi connectivity index (χ1v) is 9.35. The molecule has 0 aliphatic heterocycles. The van der Waals surface area contributed by atoms with Gasteiger partial charge in [0.1, 0.15) is 17.0 Å². The zero-order valence-electron chi connectivity index (χ0n) is 13.7. The summed E-state index contributed by atoms with van der Waals surface area (Å²) in [6.07, 6.45) is -2.88. The maximum absolute atomic E-state index is 13.4. The van der Waals surface area contributed by atoms with E-state index in [4.69, 9.17) is 0 Å². The number of benzene rings is 3. The van der Waals surface area contributed by atoms with Gasteiger partial charge in [-0.3, -0.25) is 0 Å². The largest absolute Gasteiger partial charge is 0.508 e. The van der Waals surface area contributed by atoms with Crippen LogP contribution in [0.4, 0.5) is 8.78 Å². The molecule has 6 nitrogen and oxygen atoms in total. The summed E-state index contributed by atoms with van der Waals surface area (Å²) in [5.74, 6) is 0.00636. The van der Waals surface area contributed by atoms with E-state index in [0.29, 0.717) is 10.8 Å². The highest BCUT2D eigenvalue weighted by molar-refractivity contribution is 7.92. The van der Waals surface area contributed by atoms with Crippen molar-refractivity contribution in [2.75, 3.05) is 4.83 Å². The third kappa shape index (κ3) is 2.95. The van der Waals surface area contributed by atoms with Gasteiger partial charge in [0.25, 0.3) is 16.4 Å². The van der Waals surface area contributed by atoms with Crippen LogP contribution in [0.3, 0.4) is 0 Å². The number of fused-ring (bicyclic) bond motifs is 3. The number of halogens is 2. The zero-order chi connectivity index (χ0) is 19.2. The van der Waals surface area contributed by atoms with Crippen LogP contribution in [0.5, 0.6) is 5.75 Å². The minimum atomic E-state index is -4.04. The van der Waals surface area contributed by atoms with Crippen LogP contribution in [0.25, 0.3) is 21.7 Å². The summed E-state index contributed by atoms with van der Waals surface area (Å²) in [7, 11) is -4.04. The first-order valence-electron chi connectivity index (χ1n) is 7.87. The van der Waals surface area contributed by atoms with Gasteiger partial charge in [-0.1, -0.05) is 24.3 Å². The molecule has 0 atom stereocenters. The van der Waals surface area contributed by atoms with Crippen LogP contribution in [0, 0.1) is 0 Å². The molecule has 0 unspecified atom stereocenters. The first kappa shape index (κ1) is 17.2. The Morgan fingerprint density at radius 2 is 1.70 bits per heavy atom. The van der Waals surface area contributed by atoms with Crippen LogP contribution in [0.1, 0.15) is 12.1 Å². The van der Waals surface area contributed by atoms with Crippen molar-refractivity contribution in [3.05, 3.63) is 66.4 Å². The molecular formula is C18H13F2N3O3S. The molecule has 9 heteroatoms. The molecule has 2 N–H and O–H groups in total. The molecule has 4 rings (SSSR count). The Hall–Kier alpha value is -3.20. The zero-order valence-corrected chi connectivity index (χ0v) is 14.5. The fourth-order valence-corrected chi connectivity index (χ4v) is 3.92. The van der Waals surface area contributed by atoms with Gasteiger partial charge in [-0.15, -0.1) is 5.10 Å². The summed E-state index contributed by atoms with van der Waals surface area (Å²) in [5.41, 5.74) is -0.349. The molecule has 27 heavy (non-hydrogen) atoms. The van der Waals surface area contributed by atoms with Gasteiger partial charge in [-0.05, 0) is 41.8 Å². The number of phenols is 1. The van der Waals surface area contributed by atoms with Gasteiger partial charge in [0.15, 0.2) is 0 Å². The molecule has 0 aliphatic carbocycles. The van der Waals surface area contributed by atoms with E-state index in [2.05, 4.69) is 9.93 Å². The maximum atomic E-state index is 13.4. The number of nitrogens with zero attached hydrogens (tertiary/aromatic N) is 2. The van der Waals surface area contributed by atoms with Gasteiger partial charge in [0, 0.05) is 10.8 Å². The van der Waals surface area contributed by atoms with Crippen molar-refractivity contribution in [3.8, 4) is 5.75 Å². The summed E-state index contributed by atoms with van der Waals surface area (Å²) in [6, 6.07) is 14.9. The molecule has 0 aliphatic rings. The highest BCUT2D eigenvalue weighted by Gasteiger charge is 2.23. The fourth-order valence-electron chi connectivity index (χ4n) is 2.94. The lowest BCUT2D eigenvalue weighted by atomic mass is 10.1. The van der Waals surface area contributed by atoms with Crippen molar-refractivity contribution in [2.45, 2.75) is 11.3 Å². The summed E-state index contributed by atoms with van der Waals surface area (Å²) >= 11 is 0. The van der Waals surface area contributed by atoms with Crippen molar-refractivity contribution in [3.63, 3.8) is 0 Å². The van der Waals surface area contributed by atoms with E-state index in [1.165, 1.54) is 36.4 Å². The smallest absolute Gasteiger partial charge is 0.282 e. The number of hydrogen-bond donors (Lipinski definition) is 2. The maximum Gasteiger partial charge on any atom is 0.282 e. The Morgan fingerprint density at radius 1 is 1.00 bits per heavy atom. The molecule has 0 saturated heterocycles. The van der Waals surface area contributed by atoms with E-state index < -0.39 is 22.1 Å². The second kappa shape index (κ2) is 6.20. The third-order valence-electron chi connectivity index (χ3n) is 4.14. The average Bonchev–Trinajstić information content (AvgIpc) is 3.00. The van der Waals surface area contributed by atoms with E-state index in [1.54, 1.807) is 24.3 Å². The minimum Gasteiger partial charge on any atom is -0.508 e. The number of hydrogen-bond acceptors (Lipinski definition) is 4. The molecule has 138 valence electrons. The summed E-state index contributed by atoms with van der Waals surface area (Å²) < 4.78 is 52.1. The Kier molecular flexibility index (Phi) is 3.96. The third-order valence-corrected chi connectivity index (χ3v) is 5.44. The molecule has 1 heterocycles. The molecule has 3 aromatic carbocycles. The Bertz CT molecular complexity index is 1260. The topological polar surface area (TPSA) is 84.2 Å². The average molecular weight is 389 g/mol. The molecule has 1 aromatic heterocycles. The van der Waals surface area contributed by atoms with Gasteiger partial charge in [0.2, 0.25) is 0 Å². The molecule has 0 amide bonds. The van der Waals surface area contributed by atoms with Crippen molar-refractivity contribution in [2.24, 2.45) is 0 Å². The quantitative estimate of drug-likeness (QED) is 0.557. The van der Waals surface area contributed by atoms with Crippen LogP contribution in [-0.4, -0.2) is 23.4 Å². The van der Waals surface area contributed by atoms with E-state index >= 15 is 0 Å². The molecule has 0 radical (unpaired) electrons. The van der Waals surface area contributed by atoms with Crippen LogP contribution < -0.4 is 4.83 Å². The molecular weight excluding hydrogens is 376 g/mol. The van der Waals surface area contributed by atoms with Gasteiger partial charge < -0.3 is 5.11 Å². The van der Waals surface area contributed by atoms with E-state index in [9.17, 15) is 22.3 Å². The fraction of sp³-hybridized carbons (Fsp3) is 0.0556. The predicted octanol–water partition coefficient (Wildman–Crippen LogP) is 3.77. The number of sulfonamides is 1. The minimum absolute atomic E-state index is 0.00636. The lowest BCUT2D eigenvalue weighted by Gasteiger charge is -2.10. The number of aromatic nitrogens is 2. The highest BCUT2D eigenvalue weighted by atomic mass is 32.2. The Morgan fingerprint density at radius 3 is 2.41 bits per heavy atom. The molecule has 4 aromatic rings. The van der Waals surface area contributed by atoms with Gasteiger partial charge in [-0.25, -0.2) is 8.78 Å². The van der Waals surface area contributed by atoms with Crippen molar-refractivity contribution in [1.82, 2.24) is 9.89 Å².